The molecule has 2 heterocycles. The zero-order valence-electron chi connectivity index (χ0n) is 12.7. The molecule has 0 atom stereocenters. The molecule has 1 fully saturated rings. The van der Waals surface area contributed by atoms with Crippen LogP contribution in [0.2, 0.25) is 0 Å². The van der Waals surface area contributed by atoms with Crippen LogP contribution in [-0.2, 0) is 9.53 Å². The van der Waals surface area contributed by atoms with E-state index in [1.54, 1.807) is 42.5 Å². The topological polar surface area (TPSA) is 104 Å². The molecule has 1 amide bonds. The van der Waals surface area contributed by atoms with Crippen molar-refractivity contribution in [3.63, 3.8) is 0 Å². The van der Waals surface area contributed by atoms with Crippen LogP contribution in [0.4, 0.5) is 0 Å². The van der Waals surface area contributed by atoms with Gasteiger partial charge in [0.25, 0.3) is 5.91 Å². The lowest BCUT2D eigenvalue weighted by Crippen LogP contribution is -2.21. The molecule has 0 radical (unpaired) electrons. The van der Waals surface area contributed by atoms with Gasteiger partial charge in [-0.2, -0.15) is 5.26 Å². The SMILES string of the molecule is N#CCOC(=O)c1cccc(-c2ccc(C=C3NC(=S)NC3=O)o2)c1. The summed E-state index contributed by atoms with van der Waals surface area (Å²) in [4.78, 5) is 23.4. The number of carbonyl (C=O) groups is 2. The van der Waals surface area contributed by atoms with E-state index in [0.29, 0.717) is 28.3 Å². The monoisotopic (exact) mass is 353 g/mol. The Labute approximate surface area is 147 Å². The zero-order valence-corrected chi connectivity index (χ0v) is 13.6. The fraction of sp³-hybridized carbons (Fsp3) is 0.0588. The number of hydrogen-bond donors (Lipinski definition) is 2. The Morgan fingerprint density at radius 3 is 2.88 bits per heavy atom. The van der Waals surface area contributed by atoms with Gasteiger partial charge in [-0.25, -0.2) is 4.79 Å². The van der Waals surface area contributed by atoms with Gasteiger partial charge in [-0.15, -0.1) is 0 Å². The molecule has 0 saturated carbocycles. The predicted molar refractivity (Wildman–Crippen MR) is 91.9 cm³/mol. The fourth-order valence-corrected chi connectivity index (χ4v) is 2.39. The van der Waals surface area contributed by atoms with Crippen molar-refractivity contribution in [1.29, 1.82) is 5.26 Å². The van der Waals surface area contributed by atoms with Crippen LogP contribution in [-0.4, -0.2) is 23.6 Å². The highest BCUT2D eigenvalue weighted by molar-refractivity contribution is 7.80. The van der Waals surface area contributed by atoms with Crippen LogP contribution in [0.1, 0.15) is 16.1 Å². The average Bonchev–Trinajstić information content (AvgIpc) is 3.19. The van der Waals surface area contributed by atoms with Crippen LogP contribution >= 0.6 is 12.2 Å². The minimum Gasteiger partial charge on any atom is -0.457 e. The molecule has 2 aromatic rings. The van der Waals surface area contributed by atoms with Crippen molar-refractivity contribution in [3.05, 3.63) is 53.4 Å². The number of carbonyl (C=O) groups excluding carboxylic acids is 2. The second-order valence-corrected chi connectivity index (χ2v) is 5.39. The van der Waals surface area contributed by atoms with Crippen LogP contribution in [0, 0.1) is 11.3 Å². The molecule has 0 aliphatic carbocycles. The van der Waals surface area contributed by atoms with E-state index in [1.165, 1.54) is 6.08 Å². The van der Waals surface area contributed by atoms with Crippen molar-refractivity contribution in [3.8, 4) is 17.4 Å². The predicted octanol–water partition coefficient (Wildman–Crippen LogP) is 1.97. The third-order valence-electron chi connectivity index (χ3n) is 3.28. The quantitative estimate of drug-likeness (QED) is 0.492. The van der Waals surface area contributed by atoms with E-state index in [1.807, 2.05) is 0 Å². The Morgan fingerprint density at radius 2 is 2.16 bits per heavy atom. The number of rotatable bonds is 4. The third-order valence-corrected chi connectivity index (χ3v) is 3.49. The number of esters is 1. The molecule has 7 nitrogen and oxygen atoms in total. The number of amides is 1. The molecule has 1 aliphatic rings. The largest absolute Gasteiger partial charge is 0.457 e. The first-order valence-electron chi connectivity index (χ1n) is 7.15. The van der Waals surface area contributed by atoms with Crippen molar-refractivity contribution in [1.82, 2.24) is 10.6 Å². The lowest BCUT2D eigenvalue weighted by molar-refractivity contribution is -0.115. The molecule has 1 saturated heterocycles. The number of thiocarbonyl (C=S) groups is 1. The van der Waals surface area contributed by atoms with Crippen molar-refractivity contribution in [2.45, 2.75) is 0 Å². The van der Waals surface area contributed by atoms with Crippen LogP contribution in [0.25, 0.3) is 17.4 Å². The molecule has 25 heavy (non-hydrogen) atoms. The zero-order chi connectivity index (χ0) is 17.8. The summed E-state index contributed by atoms with van der Waals surface area (Å²) in [5.74, 6) is 0.0559. The van der Waals surface area contributed by atoms with Crippen molar-refractivity contribution in [2.24, 2.45) is 0 Å². The van der Waals surface area contributed by atoms with Crippen LogP contribution in [0.15, 0.2) is 46.5 Å². The highest BCUT2D eigenvalue weighted by Crippen LogP contribution is 2.24. The van der Waals surface area contributed by atoms with Gasteiger partial charge in [-0.05, 0) is 36.5 Å². The van der Waals surface area contributed by atoms with Gasteiger partial charge in [-0.3, -0.25) is 10.1 Å². The van der Waals surface area contributed by atoms with Gasteiger partial charge in [0.1, 0.15) is 23.3 Å². The smallest absolute Gasteiger partial charge is 0.339 e. The molecule has 8 heteroatoms. The highest BCUT2D eigenvalue weighted by atomic mass is 32.1. The minimum atomic E-state index is -0.586. The summed E-state index contributed by atoms with van der Waals surface area (Å²) in [5, 5.41) is 13.9. The molecular formula is C17H11N3O4S. The van der Waals surface area contributed by atoms with E-state index < -0.39 is 5.97 Å². The number of nitrogens with one attached hydrogen (secondary N) is 2. The molecule has 1 aliphatic heterocycles. The maximum absolute atomic E-state index is 11.8. The second kappa shape index (κ2) is 6.98. The molecule has 124 valence electrons. The first-order valence-corrected chi connectivity index (χ1v) is 7.56. The molecule has 2 N–H and O–H groups in total. The van der Waals surface area contributed by atoms with Crippen molar-refractivity contribution < 1.29 is 18.7 Å². The van der Waals surface area contributed by atoms with E-state index in [9.17, 15) is 9.59 Å². The Bertz CT molecular complexity index is 939. The maximum atomic E-state index is 11.8. The van der Waals surface area contributed by atoms with Crippen LogP contribution in [0.3, 0.4) is 0 Å². The van der Waals surface area contributed by atoms with Gasteiger partial charge < -0.3 is 14.5 Å². The first kappa shape index (κ1) is 16.4. The van der Waals surface area contributed by atoms with E-state index in [4.69, 9.17) is 26.6 Å². The standard InChI is InChI=1S/C17H11N3O4S/c18-6-7-23-16(22)11-3-1-2-10(8-11)14-5-4-12(24-14)9-13-15(21)20-17(25)19-13/h1-5,8-9H,7H2,(H2,19,20,21,25). The van der Waals surface area contributed by atoms with Gasteiger partial charge in [0.05, 0.1) is 5.56 Å². The number of benzene rings is 1. The summed E-state index contributed by atoms with van der Waals surface area (Å²) >= 11 is 4.86. The summed E-state index contributed by atoms with van der Waals surface area (Å²) in [6.45, 7) is -0.307. The Balaban J connectivity index is 1.82. The Kier molecular flexibility index (Phi) is 4.59. The first-order chi connectivity index (χ1) is 12.1. The summed E-state index contributed by atoms with van der Waals surface area (Å²) in [6, 6.07) is 11.8. The molecule has 3 rings (SSSR count). The van der Waals surface area contributed by atoms with Crippen LogP contribution < -0.4 is 10.6 Å². The maximum Gasteiger partial charge on any atom is 0.339 e. The number of nitrogens with zero attached hydrogens (tertiary/aromatic N) is 1. The number of nitriles is 1. The molecule has 0 spiro atoms. The highest BCUT2D eigenvalue weighted by Gasteiger charge is 2.20. The third kappa shape index (κ3) is 3.73. The van der Waals surface area contributed by atoms with E-state index in [2.05, 4.69) is 10.6 Å². The summed E-state index contributed by atoms with van der Waals surface area (Å²) in [5.41, 5.74) is 1.27. The minimum absolute atomic E-state index is 0.242. The number of ether oxygens (including phenoxy) is 1. The molecule has 1 aromatic heterocycles. The number of furan rings is 1. The van der Waals surface area contributed by atoms with E-state index in [-0.39, 0.29) is 17.6 Å². The average molecular weight is 353 g/mol. The second-order valence-electron chi connectivity index (χ2n) is 4.98. The van der Waals surface area contributed by atoms with Gasteiger partial charge in [0.2, 0.25) is 0 Å². The molecular weight excluding hydrogens is 342 g/mol. The van der Waals surface area contributed by atoms with E-state index in [0.717, 1.165) is 0 Å². The van der Waals surface area contributed by atoms with Gasteiger partial charge in [0.15, 0.2) is 11.7 Å². The lowest BCUT2D eigenvalue weighted by Gasteiger charge is -2.02. The Morgan fingerprint density at radius 1 is 1.32 bits per heavy atom. The van der Waals surface area contributed by atoms with Crippen molar-refractivity contribution in [2.75, 3.05) is 6.61 Å². The summed E-state index contributed by atoms with van der Waals surface area (Å²) in [6.07, 6.45) is 1.53. The molecule has 0 unspecified atom stereocenters. The van der Waals surface area contributed by atoms with E-state index >= 15 is 0 Å². The molecule has 0 bridgehead atoms. The lowest BCUT2D eigenvalue weighted by atomic mass is 10.1. The van der Waals surface area contributed by atoms with Crippen LogP contribution in [0.5, 0.6) is 0 Å². The van der Waals surface area contributed by atoms with Gasteiger partial charge >= 0.3 is 5.97 Å². The summed E-state index contributed by atoms with van der Waals surface area (Å²) < 4.78 is 10.5. The molecule has 1 aromatic carbocycles. The van der Waals surface area contributed by atoms with Crippen molar-refractivity contribution >= 4 is 35.3 Å². The Hall–Kier alpha value is -3.44. The van der Waals surface area contributed by atoms with Gasteiger partial charge in [0, 0.05) is 11.6 Å². The normalized spacial score (nSPS) is 14.8. The van der Waals surface area contributed by atoms with Gasteiger partial charge in [-0.1, -0.05) is 12.1 Å². The number of hydrogen-bond acceptors (Lipinski definition) is 6. The fourth-order valence-electron chi connectivity index (χ4n) is 2.19. The summed E-state index contributed by atoms with van der Waals surface area (Å²) in [7, 11) is 0.